The Hall–Kier alpha value is -2.39. The van der Waals surface area contributed by atoms with Crippen LogP contribution in [0.1, 0.15) is 26.3 Å². The van der Waals surface area contributed by atoms with E-state index >= 15 is 0 Å². The van der Waals surface area contributed by atoms with E-state index in [4.69, 9.17) is 4.74 Å². The van der Waals surface area contributed by atoms with Crippen molar-refractivity contribution < 1.29 is 9.53 Å². The Morgan fingerprint density at radius 3 is 1.87 bits per heavy atom. The number of alkyl halides is 1. The van der Waals surface area contributed by atoms with E-state index in [1.54, 1.807) is 24.3 Å². The molecule has 3 heteroatoms. The number of ether oxygens (including phenoxy) is 1. The summed E-state index contributed by atoms with van der Waals surface area (Å²) in [6.45, 7) is 0. The van der Waals surface area contributed by atoms with Gasteiger partial charge in [0.25, 0.3) is 0 Å². The fraction of sp³-hybridized carbons (Fsp3) is 0.0500. The lowest BCUT2D eigenvalue weighted by molar-refractivity contribution is 0.0735. The van der Waals surface area contributed by atoms with Gasteiger partial charge in [-0.1, -0.05) is 76.6 Å². The van der Waals surface area contributed by atoms with E-state index < -0.39 is 0 Å². The van der Waals surface area contributed by atoms with Crippen LogP contribution in [0.5, 0.6) is 5.75 Å². The van der Waals surface area contributed by atoms with E-state index in [-0.39, 0.29) is 10.8 Å². The highest BCUT2D eigenvalue weighted by atomic mass is 79.9. The molecule has 3 rings (SSSR count). The van der Waals surface area contributed by atoms with Crippen LogP contribution in [0.15, 0.2) is 84.9 Å². The molecule has 0 fully saturated rings. The Labute approximate surface area is 143 Å². The predicted octanol–water partition coefficient (Wildman–Crippen LogP) is 5.39. The highest BCUT2D eigenvalue weighted by molar-refractivity contribution is 9.09. The second-order valence-corrected chi connectivity index (χ2v) is 6.01. The molecule has 0 aliphatic heterocycles. The molecule has 0 saturated heterocycles. The first kappa shape index (κ1) is 15.5. The summed E-state index contributed by atoms with van der Waals surface area (Å²) in [7, 11) is 0. The van der Waals surface area contributed by atoms with Crippen LogP contribution in [0, 0.1) is 0 Å². The topological polar surface area (TPSA) is 26.3 Å². The van der Waals surface area contributed by atoms with Crippen molar-refractivity contribution in [2.45, 2.75) is 4.83 Å². The highest BCUT2D eigenvalue weighted by Crippen LogP contribution is 2.30. The van der Waals surface area contributed by atoms with Gasteiger partial charge in [0.2, 0.25) is 0 Å². The number of benzene rings is 3. The molecule has 0 spiro atoms. The predicted molar refractivity (Wildman–Crippen MR) is 95.1 cm³/mol. The molecular formula is C20H15BrO2. The molecule has 0 aromatic heterocycles. The monoisotopic (exact) mass is 366 g/mol. The molecule has 0 radical (unpaired) electrons. The summed E-state index contributed by atoms with van der Waals surface area (Å²) in [5, 5.41) is 0. The second-order valence-electron chi connectivity index (χ2n) is 5.10. The summed E-state index contributed by atoms with van der Waals surface area (Å²) in [6.07, 6.45) is 0. The lowest BCUT2D eigenvalue weighted by Gasteiger charge is -2.11. The second kappa shape index (κ2) is 7.25. The first-order chi connectivity index (χ1) is 11.2. The fourth-order valence-corrected chi connectivity index (χ4v) is 2.87. The van der Waals surface area contributed by atoms with Crippen molar-refractivity contribution in [2.24, 2.45) is 0 Å². The summed E-state index contributed by atoms with van der Waals surface area (Å²) in [4.78, 5) is 12.2. The van der Waals surface area contributed by atoms with E-state index in [1.165, 1.54) is 5.56 Å². The zero-order chi connectivity index (χ0) is 16.1. The third-order valence-corrected chi connectivity index (χ3v) is 4.54. The zero-order valence-corrected chi connectivity index (χ0v) is 13.9. The van der Waals surface area contributed by atoms with Crippen molar-refractivity contribution >= 4 is 21.9 Å². The largest absolute Gasteiger partial charge is 0.423 e. The molecule has 3 aromatic rings. The van der Waals surface area contributed by atoms with Crippen molar-refractivity contribution in [2.75, 3.05) is 0 Å². The number of esters is 1. The Bertz CT molecular complexity index is 768. The number of hydrogen-bond acceptors (Lipinski definition) is 2. The van der Waals surface area contributed by atoms with E-state index in [9.17, 15) is 4.79 Å². The molecular weight excluding hydrogens is 352 g/mol. The van der Waals surface area contributed by atoms with Crippen LogP contribution in [0.3, 0.4) is 0 Å². The van der Waals surface area contributed by atoms with Crippen LogP contribution < -0.4 is 4.74 Å². The highest BCUT2D eigenvalue weighted by Gasteiger charge is 2.12. The maximum Gasteiger partial charge on any atom is 0.343 e. The van der Waals surface area contributed by atoms with Crippen molar-refractivity contribution in [3.05, 3.63) is 102 Å². The van der Waals surface area contributed by atoms with Crippen molar-refractivity contribution in [1.82, 2.24) is 0 Å². The number of carbonyl (C=O) groups excluding carboxylic acids is 1. The average molecular weight is 367 g/mol. The number of halogens is 1. The normalized spacial score (nSPS) is 11.7. The fourth-order valence-electron chi connectivity index (χ4n) is 2.26. The molecule has 0 aliphatic rings. The maximum atomic E-state index is 12.1. The van der Waals surface area contributed by atoms with Gasteiger partial charge in [-0.3, -0.25) is 0 Å². The quantitative estimate of drug-likeness (QED) is 0.351. The molecule has 0 heterocycles. The molecule has 0 aliphatic carbocycles. The van der Waals surface area contributed by atoms with Crippen LogP contribution in [0.4, 0.5) is 0 Å². The Kier molecular flexibility index (Phi) is 4.89. The molecule has 2 nitrogen and oxygen atoms in total. The van der Waals surface area contributed by atoms with Gasteiger partial charge >= 0.3 is 5.97 Å². The zero-order valence-electron chi connectivity index (χ0n) is 12.4. The summed E-state index contributed by atoms with van der Waals surface area (Å²) >= 11 is 3.69. The van der Waals surface area contributed by atoms with Gasteiger partial charge in [0, 0.05) is 0 Å². The molecule has 0 unspecified atom stereocenters. The summed E-state index contributed by atoms with van der Waals surface area (Å²) < 4.78 is 5.33. The van der Waals surface area contributed by atoms with Gasteiger partial charge in [0.1, 0.15) is 5.75 Å². The van der Waals surface area contributed by atoms with Crippen LogP contribution in [0.25, 0.3) is 0 Å². The molecule has 0 N–H and O–H groups in total. The lowest BCUT2D eigenvalue weighted by Crippen LogP contribution is -2.08. The van der Waals surface area contributed by atoms with Crippen molar-refractivity contribution in [3.63, 3.8) is 0 Å². The Morgan fingerprint density at radius 2 is 1.26 bits per heavy atom. The first-order valence-corrected chi connectivity index (χ1v) is 8.22. The van der Waals surface area contributed by atoms with Crippen LogP contribution in [-0.4, -0.2) is 5.97 Å². The number of rotatable bonds is 4. The number of para-hydroxylation sites is 1. The number of hydrogen-bond donors (Lipinski definition) is 0. The molecule has 3 aromatic carbocycles. The third-order valence-electron chi connectivity index (χ3n) is 3.49. The van der Waals surface area contributed by atoms with Gasteiger partial charge in [-0.25, -0.2) is 4.79 Å². The van der Waals surface area contributed by atoms with E-state index in [0.717, 1.165) is 5.56 Å². The molecule has 0 amide bonds. The van der Waals surface area contributed by atoms with E-state index in [1.807, 2.05) is 48.5 Å². The van der Waals surface area contributed by atoms with Crippen LogP contribution >= 0.6 is 15.9 Å². The molecule has 0 bridgehead atoms. The third kappa shape index (κ3) is 3.88. The number of carbonyl (C=O) groups is 1. The van der Waals surface area contributed by atoms with Crippen molar-refractivity contribution in [1.29, 1.82) is 0 Å². The summed E-state index contributed by atoms with van der Waals surface area (Å²) in [6, 6.07) is 26.7. The summed E-state index contributed by atoms with van der Waals surface area (Å²) in [5.74, 6) is 0.192. The first-order valence-electron chi connectivity index (χ1n) is 7.30. The van der Waals surface area contributed by atoms with Gasteiger partial charge in [-0.2, -0.15) is 0 Å². The smallest absolute Gasteiger partial charge is 0.343 e. The van der Waals surface area contributed by atoms with Crippen LogP contribution in [0.2, 0.25) is 0 Å². The molecule has 1 atom stereocenters. The lowest BCUT2D eigenvalue weighted by atomic mass is 10.0. The van der Waals surface area contributed by atoms with Crippen molar-refractivity contribution in [3.8, 4) is 5.75 Å². The standard InChI is InChI=1S/C20H15BrO2/c21-19(15-7-3-1-4-8-15)16-11-13-17(14-12-16)20(22)23-18-9-5-2-6-10-18/h1-14,19H/t19-/m1/s1. The van der Waals surface area contributed by atoms with E-state index in [0.29, 0.717) is 11.3 Å². The SMILES string of the molecule is O=C(Oc1ccccc1)c1ccc([C@H](Br)c2ccccc2)cc1. The summed E-state index contributed by atoms with van der Waals surface area (Å²) in [5.41, 5.74) is 2.80. The van der Waals surface area contributed by atoms with Gasteiger partial charge in [-0.05, 0) is 35.4 Å². The molecule has 114 valence electrons. The Morgan fingerprint density at radius 1 is 0.739 bits per heavy atom. The Balaban J connectivity index is 1.73. The molecule has 23 heavy (non-hydrogen) atoms. The minimum Gasteiger partial charge on any atom is -0.423 e. The van der Waals surface area contributed by atoms with Gasteiger partial charge < -0.3 is 4.74 Å². The average Bonchev–Trinajstić information content (AvgIpc) is 2.63. The maximum absolute atomic E-state index is 12.1. The molecule has 0 saturated carbocycles. The van der Waals surface area contributed by atoms with Gasteiger partial charge in [0.05, 0.1) is 10.4 Å². The van der Waals surface area contributed by atoms with Crippen LogP contribution in [-0.2, 0) is 0 Å². The van der Waals surface area contributed by atoms with Gasteiger partial charge in [0.15, 0.2) is 0 Å². The van der Waals surface area contributed by atoms with E-state index in [2.05, 4.69) is 28.1 Å². The minimum atomic E-state index is -0.353. The van der Waals surface area contributed by atoms with Gasteiger partial charge in [-0.15, -0.1) is 0 Å². The minimum absolute atomic E-state index is 0.0999.